The zero-order valence-electron chi connectivity index (χ0n) is 17.6. The fraction of sp³-hybridized carbons (Fsp3) is 0.0833. The largest absolute Gasteiger partial charge is 0.452 e. The van der Waals surface area contributed by atoms with E-state index in [9.17, 15) is 32.3 Å². The molecule has 0 aliphatic carbocycles. The van der Waals surface area contributed by atoms with Crippen molar-refractivity contribution in [3.8, 4) is 0 Å². The highest BCUT2D eigenvalue weighted by Gasteiger charge is 2.36. The Morgan fingerprint density at radius 1 is 0.914 bits per heavy atom. The van der Waals surface area contributed by atoms with Crippen molar-refractivity contribution in [3.05, 3.63) is 94.0 Å². The van der Waals surface area contributed by atoms with Crippen molar-refractivity contribution < 1.29 is 37.1 Å². The minimum atomic E-state index is -4.63. The van der Waals surface area contributed by atoms with Crippen molar-refractivity contribution in [2.24, 2.45) is 0 Å². The predicted octanol–water partition coefficient (Wildman–Crippen LogP) is 4.95. The van der Waals surface area contributed by atoms with Gasteiger partial charge in [0.1, 0.15) is 0 Å². The molecular weight excluding hydrogens is 489 g/mol. The number of imide groups is 1. The van der Waals surface area contributed by atoms with Gasteiger partial charge in [-0.2, -0.15) is 13.2 Å². The average Bonchev–Trinajstić information content (AvgIpc) is 3.08. The van der Waals surface area contributed by atoms with Gasteiger partial charge >= 0.3 is 12.1 Å². The van der Waals surface area contributed by atoms with E-state index in [1.54, 1.807) is 24.3 Å². The van der Waals surface area contributed by atoms with Crippen molar-refractivity contribution in [2.45, 2.75) is 6.18 Å². The molecule has 7 nitrogen and oxygen atoms in total. The average molecular weight is 503 g/mol. The lowest BCUT2D eigenvalue weighted by molar-refractivity contribution is -0.137. The highest BCUT2D eigenvalue weighted by atomic mass is 35.5. The summed E-state index contributed by atoms with van der Waals surface area (Å²) in [5.74, 6) is -2.79. The summed E-state index contributed by atoms with van der Waals surface area (Å²) < 4.78 is 43.5. The Morgan fingerprint density at radius 3 is 2.09 bits per heavy atom. The molecular formula is C24H14ClF3N2O5. The summed E-state index contributed by atoms with van der Waals surface area (Å²) in [5, 5.41) is 2.04. The predicted molar refractivity (Wildman–Crippen MR) is 119 cm³/mol. The quantitative estimate of drug-likeness (QED) is 0.393. The topological polar surface area (TPSA) is 92.8 Å². The molecule has 1 aliphatic rings. The summed E-state index contributed by atoms with van der Waals surface area (Å²) >= 11 is 5.83. The second kappa shape index (κ2) is 9.22. The van der Waals surface area contributed by atoms with E-state index in [2.05, 4.69) is 5.32 Å². The molecule has 0 saturated heterocycles. The molecule has 0 spiro atoms. The molecule has 0 bridgehead atoms. The summed E-state index contributed by atoms with van der Waals surface area (Å²) in [6.07, 6.45) is -4.63. The Balaban J connectivity index is 1.38. The number of carbonyl (C=O) groups is 4. The van der Waals surface area contributed by atoms with E-state index in [1.807, 2.05) is 0 Å². The number of hydrogen-bond acceptors (Lipinski definition) is 5. The number of esters is 1. The van der Waals surface area contributed by atoms with Gasteiger partial charge in [0.25, 0.3) is 17.7 Å². The zero-order valence-corrected chi connectivity index (χ0v) is 18.3. The molecule has 0 radical (unpaired) electrons. The van der Waals surface area contributed by atoms with Gasteiger partial charge in [-0.25, -0.2) is 9.69 Å². The normalized spacial score (nSPS) is 13.0. The molecule has 0 atom stereocenters. The summed E-state index contributed by atoms with van der Waals surface area (Å²) in [6, 6.07) is 14.2. The molecule has 0 fully saturated rings. The van der Waals surface area contributed by atoms with E-state index in [0.717, 1.165) is 17.0 Å². The van der Waals surface area contributed by atoms with Crippen molar-refractivity contribution in [3.63, 3.8) is 0 Å². The number of hydrogen-bond donors (Lipinski definition) is 1. The number of nitrogens with zero attached hydrogens (tertiary/aromatic N) is 1. The van der Waals surface area contributed by atoms with Gasteiger partial charge in [-0.05, 0) is 54.6 Å². The zero-order chi connectivity index (χ0) is 25.3. The lowest BCUT2D eigenvalue weighted by atomic mass is 10.1. The van der Waals surface area contributed by atoms with Crippen molar-refractivity contribution in [1.29, 1.82) is 0 Å². The molecule has 0 aromatic heterocycles. The van der Waals surface area contributed by atoms with Gasteiger partial charge in [-0.3, -0.25) is 14.4 Å². The number of anilines is 2. The van der Waals surface area contributed by atoms with E-state index >= 15 is 0 Å². The van der Waals surface area contributed by atoms with Gasteiger partial charge in [0.2, 0.25) is 0 Å². The number of halogens is 4. The number of alkyl halides is 3. The molecule has 11 heteroatoms. The highest BCUT2D eigenvalue weighted by molar-refractivity contribution is 6.34. The van der Waals surface area contributed by atoms with Gasteiger partial charge in [0, 0.05) is 0 Å². The third-order valence-corrected chi connectivity index (χ3v) is 5.39. The molecule has 1 heterocycles. The van der Waals surface area contributed by atoms with Crippen LogP contribution in [0.3, 0.4) is 0 Å². The Kier molecular flexibility index (Phi) is 6.31. The molecule has 178 valence electrons. The summed E-state index contributed by atoms with van der Waals surface area (Å²) in [4.78, 5) is 50.4. The van der Waals surface area contributed by atoms with Gasteiger partial charge in [0.15, 0.2) is 6.61 Å². The molecule has 3 aromatic carbocycles. The van der Waals surface area contributed by atoms with E-state index in [4.69, 9.17) is 16.3 Å². The molecule has 1 N–H and O–H groups in total. The number of amides is 3. The summed E-state index contributed by atoms with van der Waals surface area (Å²) in [6.45, 7) is -0.786. The first-order valence-electron chi connectivity index (χ1n) is 9.98. The third kappa shape index (κ3) is 4.87. The second-order valence-electron chi connectivity index (χ2n) is 7.35. The van der Waals surface area contributed by atoms with Crippen molar-refractivity contribution in [1.82, 2.24) is 0 Å². The van der Waals surface area contributed by atoms with Crippen LogP contribution in [0.2, 0.25) is 5.02 Å². The number of ether oxygens (including phenoxy) is 1. The number of nitrogens with one attached hydrogen (secondary N) is 1. The molecule has 4 rings (SSSR count). The van der Waals surface area contributed by atoms with Gasteiger partial charge in [-0.15, -0.1) is 0 Å². The molecule has 3 aromatic rings. The SMILES string of the molecule is O=C(COC(=O)c1ccc(N2C(=O)c3ccccc3C2=O)cc1)Nc1cc(C(F)(F)F)ccc1Cl. The number of rotatable bonds is 5. The Morgan fingerprint density at radius 2 is 1.51 bits per heavy atom. The summed E-state index contributed by atoms with van der Waals surface area (Å²) in [5.41, 5.74) is -0.485. The number of carbonyl (C=O) groups excluding carboxylic acids is 4. The maximum absolute atomic E-state index is 12.9. The van der Waals surface area contributed by atoms with Crippen LogP contribution in [0.4, 0.5) is 24.5 Å². The maximum atomic E-state index is 12.9. The van der Waals surface area contributed by atoms with Crippen LogP contribution in [0.1, 0.15) is 36.6 Å². The van der Waals surface area contributed by atoms with Gasteiger partial charge < -0.3 is 10.1 Å². The molecule has 3 amide bonds. The standard InChI is InChI=1S/C24H14ClF3N2O5/c25-18-10-7-14(24(26,27)28)11-19(18)29-20(31)12-35-23(34)13-5-8-15(9-6-13)30-21(32)16-3-1-2-4-17(16)22(30)33/h1-11H,12H2,(H,29,31). The monoisotopic (exact) mass is 502 g/mol. The highest BCUT2D eigenvalue weighted by Crippen LogP contribution is 2.34. The van der Waals surface area contributed by atoms with Crippen LogP contribution in [0, 0.1) is 0 Å². The van der Waals surface area contributed by atoms with Crippen LogP contribution < -0.4 is 10.2 Å². The second-order valence-corrected chi connectivity index (χ2v) is 7.76. The fourth-order valence-electron chi connectivity index (χ4n) is 3.37. The van der Waals surface area contributed by atoms with Crippen LogP contribution in [0.25, 0.3) is 0 Å². The fourth-order valence-corrected chi connectivity index (χ4v) is 3.53. The first-order chi connectivity index (χ1) is 16.6. The van der Waals surface area contributed by atoms with Crippen LogP contribution in [-0.4, -0.2) is 30.3 Å². The van der Waals surface area contributed by atoms with E-state index in [0.29, 0.717) is 6.07 Å². The van der Waals surface area contributed by atoms with Gasteiger partial charge in [0.05, 0.1) is 38.7 Å². The molecule has 0 unspecified atom stereocenters. The molecule has 1 aliphatic heterocycles. The first-order valence-corrected chi connectivity index (χ1v) is 10.4. The van der Waals surface area contributed by atoms with Gasteiger partial charge in [-0.1, -0.05) is 23.7 Å². The minimum absolute atomic E-state index is 0.0234. The van der Waals surface area contributed by atoms with Crippen LogP contribution in [0.15, 0.2) is 66.7 Å². The minimum Gasteiger partial charge on any atom is -0.452 e. The lowest BCUT2D eigenvalue weighted by Crippen LogP contribution is -2.29. The van der Waals surface area contributed by atoms with E-state index in [1.165, 1.54) is 24.3 Å². The smallest absolute Gasteiger partial charge is 0.416 e. The lowest BCUT2D eigenvalue weighted by Gasteiger charge is -2.14. The van der Waals surface area contributed by atoms with Crippen molar-refractivity contribution in [2.75, 3.05) is 16.8 Å². The molecule has 0 saturated carbocycles. The first kappa shape index (κ1) is 24.0. The molecule has 35 heavy (non-hydrogen) atoms. The van der Waals surface area contributed by atoms with Crippen LogP contribution in [0.5, 0.6) is 0 Å². The summed E-state index contributed by atoms with van der Waals surface area (Å²) in [7, 11) is 0. The Bertz CT molecular complexity index is 1320. The van der Waals surface area contributed by atoms with Crippen LogP contribution in [-0.2, 0) is 15.7 Å². The van der Waals surface area contributed by atoms with Crippen molar-refractivity contribution >= 4 is 46.7 Å². The third-order valence-electron chi connectivity index (χ3n) is 5.06. The van der Waals surface area contributed by atoms with E-state index in [-0.39, 0.29) is 33.1 Å². The number of benzene rings is 3. The van der Waals surface area contributed by atoms with Crippen LogP contribution >= 0.6 is 11.6 Å². The number of fused-ring (bicyclic) bond motifs is 1. The Hall–Kier alpha value is -4.18. The maximum Gasteiger partial charge on any atom is 0.416 e. The Labute approximate surface area is 201 Å². The van der Waals surface area contributed by atoms with E-state index < -0.39 is 42.0 Å².